The van der Waals surface area contributed by atoms with Crippen molar-refractivity contribution in [3.8, 4) is 0 Å². The molecule has 0 bridgehead atoms. The molecule has 3 aromatic rings. The molecule has 3 nitrogen and oxygen atoms in total. The Morgan fingerprint density at radius 3 is 2.67 bits per heavy atom. The summed E-state index contributed by atoms with van der Waals surface area (Å²) in [4.78, 5) is 4.47. The molecule has 1 N–H and O–H groups in total. The number of H-pyrrole nitrogens is 1. The van der Waals surface area contributed by atoms with Crippen molar-refractivity contribution in [2.75, 3.05) is 6.54 Å². The highest BCUT2D eigenvalue weighted by atomic mass is 32.2. The highest BCUT2D eigenvalue weighted by Gasteiger charge is 2.32. The number of rotatable bonds is 3. The molecule has 1 aromatic heterocycles. The zero-order valence-electron chi connectivity index (χ0n) is 14.1. The number of fused-ring (bicyclic) bond motifs is 3. The van der Waals surface area contributed by atoms with Crippen LogP contribution in [0.5, 0.6) is 0 Å². The smallest absolute Gasteiger partial charge is 0.128 e. The monoisotopic (exact) mass is 338 g/mol. The minimum atomic E-state index is -1.12. The summed E-state index contributed by atoms with van der Waals surface area (Å²) < 4.78 is 15.3. The predicted octanol–water partition coefficient (Wildman–Crippen LogP) is 4.51. The number of nitrogens with zero attached hydrogens (tertiary/aromatic N) is 1. The Bertz CT molecular complexity index is 898. The standard InChI is InChI=1S/C20H22N2OS/c1-3-19-20-17(16-6-4-5-7-18(16)21-20)12-13-22(19)24(23)15-10-8-14(2)9-11-15/h4-11,19,21H,3,12-13H2,1-2H3/t19-,24?/m0/s1. The fraction of sp³-hybridized carbons (Fsp3) is 0.300. The van der Waals surface area contributed by atoms with Crippen LogP contribution in [-0.2, 0) is 17.4 Å². The number of benzene rings is 2. The van der Waals surface area contributed by atoms with E-state index < -0.39 is 11.0 Å². The van der Waals surface area contributed by atoms with Crippen molar-refractivity contribution in [3.05, 3.63) is 65.4 Å². The van der Waals surface area contributed by atoms with E-state index in [0.717, 1.165) is 24.3 Å². The maximum absolute atomic E-state index is 13.1. The van der Waals surface area contributed by atoms with Crippen LogP contribution in [0.25, 0.3) is 10.9 Å². The van der Waals surface area contributed by atoms with Crippen molar-refractivity contribution < 1.29 is 4.21 Å². The molecule has 0 amide bonds. The van der Waals surface area contributed by atoms with Crippen LogP contribution in [0.3, 0.4) is 0 Å². The van der Waals surface area contributed by atoms with Gasteiger partial charge in [-0.25, -0.2) is 8.51 Å². The van der Waals surface area contributed by atoms with Gasteiger partial charge in [-0.2, -0.15) is 0 Å². The maximum atomic E-state index is 13.1. The largest absolute Gasteiger partial charge is 0.357 e. The Balaban J connectivity index is 1.73. The van der Waals surface area contributed by atoms with Gasteiger partial charge in [0.25, 0.3) is 0 Å². The van der Waals surface area contributed by atoms with Crippen LogP contribution in [0.2, 0.25) is 0 Å². The summed E-state index contributed by atoms with van der Waals surface area (Å²) >= 11 is 0. The molecule has 2 atom stereocenters. The van der Waals surface area contributed by atoms with E-state index >= 15 is 0 Å². The number of nitrogens with one attached hydrogen (secondary N) is 1. The van der Waals surface area contributed by atoms with Crippen molar-refractivity contribution >= 4 is 21.9 Å². The summed E-state index contributed by atoms with van der Waals surface area (Å²) in [6.45, 7) is 5.05. The maximum Gasteiger partial charge on any atom is 0.128 e. The summed E-state index contributed by atoms with van der Waals surface area (Å²) in [5.74, 6) is 0. The van der Waals surface area contributed by atoms with Gasteiger partial charge in [0.2, 0.25) is 0 Å². The number of hydrogen-bond acceptors (Lipinski definition) is 1. The minimum absolute atomic E-state index is 0.170. The molecule has 1 unspecified atom stereocenters. The van der Waals surface area contributed by atoms with Crippen LogP contribution < -0.4 is 0 Å². The van der Waals surface area contributed by atoms with E-state index in [9.17, 15) is 4.21 Å². The molecule has 0 fully saturated rings. The highest BCUT2D eigenvalue weighted by molar-refractivity contribution is 7.82. The first kappa shape index (κ1) is 15.6. The van der Waals surface area contributed by atoms with Crippen LogP contribution in [0.15, 0.2) is 53.4 Å². The lowest BCUT2D eigenvalue weighted by Gasteiger charge is -2.34. The zero-order chi connectivity index (χ0) is 16.7. The second kappa shape index (κ2) is 6.19. The second-order valence-electron chi connectivity index (χ2n) is 6.44. The lowest BCUT2D eigenvalue weighted by molar-refractivity contribution is 0.313. The summed E-state index contributed by atoms with van der Waals surface area (Å²) in [6.07, 6.45) is 1.88. The van der Waals surface area contributed by atoms with Gasteiger partial charge >= 0.3 is 0 Å². The van der Waals surface area contributed by atoms with Crippen molar-refractivity contribution in [1.29, 1.82) is 0 Å². The van der Waals surface area contributed by atoms with E-state index in [1.54, 1.807) is 0 Å². The first-order valence-electron chi connectivity index (χ1n) is 8.53. The second-order valence-corrected chi connectivity index (χ2v) is 7.88. The fourth-order valence-corrected chi connectivity index (χ4v) is 5.08. The van der Waals surface area contributed by atoms with Crippen LogP contribution >= 0.6 is 0 Å². The normalized spacial score (nSPS) is 19.3. The highest BCUT2D eigenvalue weighted by Crippen LogP contribution is 2.37. The number of aromatic nitrogens is 1. The molecule has 124 valence electrons. The average Bonchev–Trinajstić information content (AvgIpc) is 2.99. The van der Waals surface area contributed by atoms with Gasteiger partial charge in [-0.05, 0) is 43.5 Å². The third kappa shape index (κ3) is 2.50. The van der Waals surface area contributed by atoms with Crippen LogP contribution in [0.4, 0.5) is 0 Å². The Morgan fingerprint density at radius 1 is 1.17 bits per heavy atom. The van der Waals surface area contributed by atoms with Crippen LogP contribution in [0.1, 0.15) is 36.2 Å². The minimum Gasteiger partial charge on any atom is -0.357 e. The van der Waals surface area contributed by atoms with Gasteiger partial charge in [0.15, 0.2) is 0 Å². The molecular weight excluding hydrogens is 316 g/mol. The van der Waals surface area contributed by atoms with Crippen molar-refractivity contribution in [2.24, 2.45) is 0 Å². The van der Waals surface area contributed by atoms with Gasteiger partial charge in [0.05, 0.1) is 10.9 Å². The van der Waals surface area contributed by atoms with Crippen molar-refractivity contribution in [2.45, 2.75) is 37.6 Å². The zero-order valence-corrected chi connectivity index (χ0v) is 14.9. The molecule has 1 aliphatic rings. The molecule has 2 aromatic carbocycles. The van der Waals surface area contributed by atoms with Gasteiger partial charge in [-0.15, -0.1) is 0 Å². The molecule has 0 aliphatic carbocycles. The van der Waals surface area contributed by atoms with Gasteiger partial charge < -0.3 is 4.98 Å². The molecule has 24 heavy (non-hydrogen) atoms. The first-order valence-corrected chi connectivity index (χ1v) is 9.64. The third-order valence-electron chi connectivity index (χ3n) is 4.93. The summed E-state index contributed by atoms with van der Waals surface area (Å²) in [6, 6.07) is 16.7. The topological polar surface area (TPSA) is 36.1 Å². The molecule has 0 saturated carbocycles. The van der Waals surface area contributed by atoms with Gasteiger partial charge in [-0.1, -0.05) is 42.8 Å². The number of aryl methyl sites for hydroxylation is 1. The van der Waals surface area contributed by atoms with E-state index in [4.69, 9.17) is 0 Å². The van der Waals surface area contributed by atoms with Gasteiger partial charge in [0.1, 0.15) is 11.0 Å². The molecule has 2 heterocycles. The van der Waals surface area contributed by atoms with E-state index in [2.05, 4.69) is 47.4 Å². The summed E-state index contributed by atoms with van der Waals surface area (Å²) in [5, 5.41) is 1.31. The quantitative estimate of drug-likeness (QED) is 0.749. The van der Waals surface area contributed by atoms with Crippen molar-refractivity contribution in [3.63, 3.8) is 0 Å². The Labute approximate surface area is 145 Å². The van der Waals surface area contributed by atoms with Crippen molar-refractivity contribution in [1.82, 2.24) is 9.29 Å². The van der Waals surface area contributed by atoms with E-state index in [1.807, 2.05) is 24.3 Å². The van der Waals surface area contributed by atoms with E-state index in [0.29, 0.717) is 0 Å². The Morgan fingerprint density at radius 2 is 1.92 bits per heavy atom. The molecule has 0 radical (unpaired) electrons. The molecule has 0 spiro atoms. The summed E-state index contributed by atoms with van der Waals surface area (Å²) in [5.41, 5.74) is 5.02. The van der Waals surface area contributed by atoms with Gasteiger partial charge in [-0.3, -0.25) is 0 Å². The average molecular weight is 338 g/mol. The number of hydrogen-bond donors (Lipinski definition) is 1. The Kier molecular flexibility index (Phi) is 4.02. The molecule has 4 heteroatoms. The van der Waals surface area contributed by atoms with E-state index in [-0.39, 0.29) is 6.04 Å². The fourth-order valence-electron chi connectivity index (χ4n) is 3.69. The first-order chi connectivity index (χ1) is 11.7. The molecular formula is C20H22N2OS. The lowest BCUT2D eigenvalue weighted by atomic mass is 9.98. The summed E-state index contributed by atoms with van der Waals surface area (Å²) in [7, 11) is -1.12. The predicted molar refractivity (Wildman–Crippen MR) is 99.3 cm³/mol. The number of aromatic amines is 1. The molecule has 4 rings (SSSR count). The number of para-hydroxylation sites is 1. The molecule has 0 saturated heterocycles. The molecule has 1 aliphatic heterocycles. The Hall–Kier alpha value is -1.91. The van der Waals surface area contributed by atoms with E-state index in [1.165, 1.54) is 27.7 Å². The lowest BCUT2D eigenvalue weighted by Crippen LogP contribution is -2.36. The van der Waals surface area contributed by atoms with Crippen LogP contribution in [-0.4, -0.2) is 20.0 Å². The SMILES string of the molecule is CC[C@H]1c2[nH]c3ccccc3c2CCN1S(=O)c1ccc(C)cc1. The van der Waals surface area contributed by atoms with Gasteiger partial charge in [0, 0.05) is 23.1 Å². The van der Waals surface area contributed by atoms with Crippen LogP contribution in [0, 0.1) is 6.92 Å². The third-order valence-corrected chi connectivity index (χ3v) is 6.47.